The third-order valence-corrected chi connectivity index (χ3v) is 6.31. The largest absolute Gasteiger partial charge is 0.409 e. The van der Waals surface area contributed by atoms with Crippen LogP contribution in [-0.2, 0) is 10.2 Å². The van der Waals surface area contributed by atoms with Crippen molar-refractivity contribution < 1.29 is 13.6 Å². The Bertz CT molecular complexity index is 457. The molecule has 3 N–H and O–H groups in total. The number of amidine groups is 1. The molecule has 2 heterocycles. The van der Waals surface area contributed by atoms with Crippen LogP contribution in [0.4, 0.5) is 0 Å². The van der Waals surface area contributed by atoms with Gasteiger partial charge in [-0.05, 0) is 31.6 Å². The molecular weight excluding hydrogens is 280 g/mol. The van der Waals surface area contributed by atoms with E-state index in [9.17, 15) is 8.42 Å². The van der Waals surface area contributed by atoms with Crippen LogP contribution in [0.2, 0.25) is 0 Å². The average Bonchev–Trinajstić information content (AvgIpc) is 2.47. The van der Waals surface area contributed by atoms with Gasteiger partial charge in [0.1, 0.15) is 5.84 Å². The van der Waals surface area contributed by atoms with Gasteiger partial charge in [-0.25, -0.2) is 0 Å². The minimum Gasteiger partial charge on any atom is -0.409 e. The van der Waals surface area contributed by atoms with Gasteiger partial charge in [-0.2, -0.15) is 17.0 Å². The Morgan fingerprint density at radius 1 is 1.20 bits per heavy atom. The first-order chi connectivity index (χ1) is 9.45. The van der Waals surface area contributed by atoms with Crippen molar-refractivity contribution in [1.82, 2.24) is 8.61 Å². The lowest BCUT2D eigenvalue weighted by atomic mass is 9.99. The van der Waals surface area contributed by atoms with Gasteiger partial charge >= 0.3 is 0 Å². The monoisotopic (exact) mass is 304 g/mol. The topological polar surface area (TPSA) is 99.2 Å². The van der Waals surface area contributed by atoms with Gasteiger partial charge in [0.05, 0.1) is 0 Å². The van der Waals surface area contributed by atoms with Gasteiger partial charge in [-0.15, -0.1) is 0 Å². The van der Waals surface area contributed by atoms with Gasteiger partial charge in [0.15, 0.2) is 0 Å². The first-order valence-corrected chi connectivity index (χ1v) is 8.57. The molecular formula is C12H24N4O3S. The predicted octanol–water partition coefficient (Wildman–Crippen LogP) is 0.422. The highest BCUT2D eigenvalue weighted by molar-refractivity contribution is 7.86. The number of hydrogen-bond acceptors (Lipinski definition) is 4. The minimum absolute atomic E-state index is 0.122. The van der Waals surface area contributed by atoms with E-state index >= 15 is 0 Å². The molecule has 20 heavy (non-hydrogen) atoms. The van der Waals surface area contributed by atoms with E-state index in [1.165, 1.54) is 4.31 Å². The first kappa shape index (κ1) is 15.5. The molecule has 0 saturated carbocycles. The number of rotatable bonds is 3. The summed E-state index contributed by atoms with van der Waals surface area (Å²) in [5, 5.41) is 11.7. The molecule has 1 atom stereocenters. The number of oxime groups is 1. The van der Waals surface area contributed by atoms with Gasteiger partial charge < -0.3 is 10.9 Å². The highest BCUT2D eigenvalue weighted by Crippen LogP contribution is 2.25. The van der Waals surface area contributed by atoms with Crippen LogP contribution in [0.3, 0.4) is 0 Å². The molecule has 2 fully saturated rings. The second-order valence-electron chi connectivity index (χ2n) is 5.81. The average molecular weight is 304 g/mol. The maximum absolute atomic E-state index is 12.6. The summed E-state index contributed by atoms with van der Waals surface area (Å²) in [5.74, 6) is 0.525. The number of hydrogen-bond donors (Lipinski definition) is 2. The molecule has 0 amide bonds. The van der Waals surface area contributed by atoms with Crippen LogP contribution in [0.15, 0.2) is 5.16 Å². The van der Waals surface area contributed by atoms with Crippen LogP contribution in [-0.4, -0.2) is 54.3 Å². The van der Waals surface area contributed by atoms with E-state index in [0.717, 1.165) is 25.7 Å². The van der Waals surface area contributed by atoms with Gasteiger partial charge in [0.25, 0.3) is 10.2 Å². The Morgan fingerprint density at radius 3 is 2.45 bits per heavy atom. The van der Waals surface area contributed by atoms with E-state index in [4.69, 9.17) is 10.9 Å². The second-order valence-corrected chi connectivity index (χ2v) is 7.74. The molecule has 0 aliphatic carbocycles. The highest BCUT2D eigenvalue weighted by atomic mass is 32.2. The Kier molecular flexibility index (Phi) is 4.87. The van der Waals surface area contributed by atoms with E-state index in [-0.39, 0.29) is 11.8 Å². The second kappa shape index (κ2) is 6.28. The van der Waals surface area contributed by atoms with E-state index in [2.05, 4.69) is 12.1 Å². The molecule has 0 radical (unpaired) electrons. The maximum Gasteiger partial charge on any atom is 0.281 e. The molecule has 2 aliphatic heterocycles. The summed E-state index contributed by atoms with van der Waals surface area (Å²) in [6, 6.07) is 0. The summed E-state index contributed by atoms with van der Waals surface area (Å²) >= 11 is 0. The molecule has 1 unspecified atom stereocenters. The summed E-state index contributed by atoms with van der Waals surface area (Å²) < 4.78 is 28.3. The zero-order valence-corrected chi connectivity index (χ0v) is 12.7. The normalized spacial score (nSPS) is 28.6. The van der Waals surface area contributed by atoms with E-state index in [1.54, 1.807) is 4.31 Å². The van der Waals surface area contributed by atoms with Crippen molar-refractivity contribution in [3.63, 3.8) is 0 Å². The van der Waals surface area contributed by atoms with E-state index < -0.39 is 10.2 Å². The summed E-state index contributed by atoms with van der Waals surface area (Å²) in [5.41, 5.74) is 5.61. The van der Waals surface area contributed by atoms with Gasteiger partial charge in [0.2, 0.25) is 0 Å². The molecule has 7 nitrogen and oxygen atoms in total. The van der Waals surface area contributed by atoms with Gasteiger partial charge in [-0.3, -0.25) is 0 Å². The third-order valence-electron chi connectivity index (χ3n) is 4.31. The number of nitrogens with zero attached hydrogens (tertiary/aromatic N) is 3. The van der Waals surface area contributed by atoms with Crippen LogP contribution < -0.4 is 5.73 Å². The van der Waals surface area contributed by atoms with Crippen LogP contribution in [0, 0.1) is 11.8 Å². The first-order valence-electron chi connectivity index (χ1n) is 7.17. The van der Waals surface area contributed by atoms with Crippen molar-refractivity contribution >= 4 is 16.0 Å². The van der Waals surface area contributed by atoms with Crippen LogP contribution in [0.5, 0.6) is 0 Å². The smallest absolute Gasteiger partial charge is 0.281 e. The number of nitrogens with two attached hydrogens (primary N) is 1. The molecule has 0 bridgehead atoms. The lowest BCUT2D eigenvalue weighted by Crippen LogP contribution is -2.51. The molecule has 8 heteroatoms. The molecule has 0 aromatic heterocycles. The van der Waals surface area contributed by atoms with Crippen molar-refractivity contribution in [3.05, 3.63) is 0 Å². The predicted molar refractivity (Wildman–Crippen MR) is 76.6 cm³/mol. The summed E-state index contributed by atoms with van der Waals surface area (Å²) in [4.78, 5) is 0. The zero-order valence-electron chi connectivity index (χ0n) is 11.9. The maximum atomic E-state index is 12.6. The standard InChI is InChI=1S/C12H24N4O3S/c1-10-4-7-15(8-5-10)20(18,19)16-6-2-3-11(9-16)12(13)14-17/h10-11,17H,2-9H2,1H3,(H2,13,14). The zero-order chi connectivity index (χ0) is 14.8. The molecule has 0 aromatic rings. The van der Waals surface area contributed by atoms with Crippen LogP contribution in [0.25, 0.3) is 0 Å². The Morgan fingerprint density at radius 2 is 1.85 bits per heavy atom. The Hall–Kier alpha value is -0.860. The van der Waals surface area contributed by atoms with Crippen molar-refractivity contribution in [2.24, 2.45) is 22.7 Å². The molecule has 2 saturated heterocycles. The van der Waals surface area contributed by atoms with E-state index in [1.807, 2.05) is 0 Å². The Labute approximate surface area is 120 Å². The SMILES string of the molecule is CC1CCN(S(=O)(=O)N2CCCC(C(N)=NO)C2)CC1. The van der Waals surface area contributed by atoms with Crippen LogP contribution >= 0.6 is 0 Å². The molecule has 2 aliphatic rings. The fraction of sp³-hybridized carbons (Fsp3) is 0.917. The summed E-state index contributed by atoms with van der Waals surface area (Å²) in [6.07, 6.45) is 3.33. The van der Waals surface area contributed by atoms with Crippen molar-refractivity contribution in [1.29, 1.82) is 0 Å². The lowest BCUT2D eigenvalue weighted by molar-refractivity contribution is 0.241. The molecule has 0 aromatic carbocycles. The number of piperidine rings is 2. The Balaban J connectivity index is 2.05. The molecule has 0 spiro atoms. The van der Waals surface area contributed by atoms with E-state index in [0.29, 0.717) is 32.1 Å². The lowest BCUT2D eigenvalue weighted by Gasteiger charge is -2.37. The fourth-order valence-electron chi connectivity index (χ4n) is 2.85. The van der Waals surface area contributed by atoms with Crippen molar-refractivity contribution in [3.8, 4) is 0 Å². The third kappa shape index (κ3) is 3.24. The van der Waals surface area contributed by atoms with Crippen LogP contribution in [0.1, 0.15) is 32.6 Å². The quantitative estimate of drug-likeness (QED) is 0.342. The highest BCUT2D eigenvalue weighted by Gasteiger charge is 2.36. The summed E-state index contributed by atoms with van der Waals surface area (Å²) in [7, 11) is -3.41. The van der Waals surface area contributed by atoms with Gasteiger partial charge in [-0.1, -0.05) is 12.1 Å². The molecule has 2 rings (SSSR count). The van der Waals surface area contributed by atoms with Crippen molar-refractivity contribution in [2.75, 3.05) is 26.2 Å². The fourth-order valence-corrected chi connectivity index (χ4v) is 4.58. The molecule has 116 valence electrons. The summed E-state index contributed by atoms with van der Waals surface area (Å²) in [6.45, 7) is 4.16. The van der Waals surface area contributed by atoms with Crippen molar-refractivity contribution in [2.45, 2.75) is 32.6 Å². The minimum atomic E-state index is -3.41. The van der Waals surface area contributed by atoms with Gasteiger partial charge in [0, 0.05) is 32.1 Å².